The van der Waals surface area contributed by atoms with Gasteiger partial charge < -0.3 is 35.3 Å². The summed E-state index contributed by atoms with van der Waals surface area (Å²) in [5, 5.41) is 5.51. The number of amides is 3. The minimum atomic E-state index is -1.19. The number of likely N-dealkylation sites (tertiary alicyclic amines) is 1. The highest BCUT2D eigenvalue weighted by molar-refractivity contribution is 5.98. The van der Waals surface area contributed by atoms with E-state index in [1.165, 1.54) is 0 Å². The van der Waals surface area contributed by atoms with Crippen LogP contribution in [0.15, 0.2) is 67.1 Å². The molecule has 3 amide bonds. The van der Waals surface area contributed by atoms with Gasteiger partial charge in [-0.1, -0.05) is 61.5 Å². The smallest absolute Gasteiger partial charge is 0.410 e. The second-order valence-corrected chi connectivity index (χ2v) is 12.4. The van der Waals surface area contributed by atoms with Crippen LogP contribution in [0.2, 0.25) is 0 Å². The summed E-state index contributed by atoms with van der Waals surface area (Å²) in [6, 6.07) is 16.2. The Morgan fingerprint density at radius 3 is 2.50 bits per heavy atom. The second-order valence-electron chi connectivity index (χ2n) is 12.4. The fourth-order valence-corrected chi connectivity index (χ4v) is 5.55. The Kier molecular flexibility index (Phi) is 9.65. The first-order chi connectivity index (χ1) is 21.1. The molecule has 1 aliphatic carbocycles. The van der Waals surface area contributed by atoms with E-state index in [4.69, 9.17) is 15.2 Å². The zero-order valence-electron chi connectivity index (χ0n) is 25.6. The Balaban J connectivity index is 1.28. The van der Waals surface area contributed by atoms with Crippen LogP contribution in [-0.2, 0) is 32.1 Å². The number of carbonyl (C=O) groups is 3. The van der Waals surface area contributed by atoms with E-state index in [0.29, 0.717) is 31.2 Å². The summed E-state index contributed by atoms with van der Waals surface area (Å²) in [5.41, 5.74) is 7.87. The quantitative estimate of drug-likeness (QED) is 0.322. The van der Waals surface area contributed by atoms with Crippen molar-refractivity contribution in [3.05, 3.63) is 83.8 Å². The SMILES string of the molecule is CC1CCN(C(=O)O[C@H]2Cc3ccccc3C2n2cnc(NC(=O)C(COCc3ccccc3)NC(=O)C(C)(C)N)c2)CC1. The van der Waals surface area contributed by atoms with Crippen LogP contribution in [0.25, 0.3) is 0 Å². The zero-order valence-corrected chi connectivity index (χ0v) is 25.6. The number of hydrogen-bond donors (Lipinski definition) is 3. The third-order valence-corrected chi connectivity index (χ3v) is 8.22. The lowest BCUT2D eigenvalue weighted by Crippen LogP contribution is -2.56. The highest BCUT2D eigenvalue weighted by Crippen LogP contribution is 2.37. The Morgan fingerprint density at radius 2 is 1.77 bits per heavy atom. The molecule has 2 aromatic carbocycles. The van der Waals surface area contributed by atoms with Crippen LogP contribution in [-0.4, -0.2) is 69.7 Å². The lowest BCUT2D eigenvalue weighted by Gasteiger charge is -2.31. The first-order valence-electron chi connectivity index (χ1n) is 15.2. The van der Waals surface area contributed by atoms with Crippen molar-refractivity contribution in [3.63, 3.8) is 0 Å². The minimum absolute atomic E-state index is 0.0629. The lowest BCUT2D eigenvalue weighted by molar-refractivity contribution is -0.130. The standard InChI is InChI=1S/C33H42N6O5/c1-22-13-15-38(16-14-22)32(42)44-27-17-24-11-7-8-12-25(24)29(27)39-18-28(35-21-39)37-30(40)26(36-31(41)33(2,3)34)20-43-19-23-9-5-4-6-10-23/h4-12,18,21-22,26-27,29H,13-17,19-20,34H2,1-3H3,(H,36,41)(H,37,40)/t26?,27-,29?/m0/s1. The van der Waals surface area contributed by atoms with Gasteiger partial charge in [0.05, 0.1) is 31.1 Å². The van der Waals surface area contributed by atoms with Crippen LogP contribution in [0.4, 0.5) is 10.6 Å². The molecule has 3 aromatic rings. The molecule has 1 fully saturated rings. The third kappa shape index (κ3) is 7.64. The van der Waals surface area contributed by atoms with Gasteiger partial charge in [0.1, 0.15) is 12.1 Å². The Bertz CT molecular complexity index is 1440. The molecule has 1 aromatic heterocycles. The molecule has 11 heteroatoms. The topological polar surface area (TPSA) is 141 Å². The molecule has 4 N–H and O–H groups in total. The van der Waals surface area contributed by atoms with Crippen molar-refractivity contribution in [1.29, 1.82) is 0 Å². The van der Waals surface area contributed by atoms with Crippen LogP contribution < -0.4 is 16.4 Å². The van der Waals surface area contributed by atoms with E-state index in [2.05, 4.69) is 22.5 Å². The van der Waals surface area contributed by atoms with Crippen molar-refractivity contribution in [2.75, 3.05) is 25.0 Å². The number of carbonyl (C=O) groups excluding carboxylic acids is 3. The summed E-state index contributed by atoms with van der Waals surface area (Å²) in [4.78, 5) is 45.4. The van der Waals surface area contributed by atoms with Gasteiger partial charge in [-0.15, -0.1) is 0 Å². The van der Waals surface area contributed by atoms with E-state index >= 15 is 0 Å². The average molecular weight is 603 g/mol. The third-order valence-electron chi connectivity index (χ3n) is 8.22. The van der Waals surface area contributed by atoms with Crippen LogP contribution in [0, 0.1) is 5.92 Å². The van der Waals surface area contributed by atoms with E-state index in [1.54, 1.807) is 31.3 Å². The maximum Gasteiger partial charge on any atom is 0.410 e. The molecule has 11 nitrogen and oxygen atoms in total. The number of rotatable bonds is 10. The number of aromatic nitrogens is 2. The van der Waals surface area contributed by atoms with Crippen molar-refractivity contribution in [2.24, 2.45) is 11.7 Å². The number of nitrogens with one attached hydrogen (secondary N) is 2. The summed E-state index contributed by atoms with van der Waals surface area (Å²) in [6.07, 6.45) is 5.12. The highest BCUT2D eigenvalue weighted by atomic mass is 16.6. The number of benzene rings is 2. The molecule has 2 heterocycles. The van der Waals surface area contributed by atoms with Crippen molar-refractivity contribution in [3.8, 4) is 0 Å². The van der Waals surface area contributed by atoms with Crippen molar-refractivity contribution < 1.29 is 23.9 Å². The average Bonchev–Trinajstić information content (AvgIpc) is 3.60. The van der Waals surface area contributed by atoms with Gasteiger partial charge in [-0.3, -0.25) is 9.59 Å². The summed E-state index contributed by atoms with van der Waals surface area (Å²) in [5.74, 6) is -0.0760. The number of hydrogen-bond acceptors (Lipinski definition) is 7. The lowest BCUT2D eigenvalue weighted by atomic mass is 10.00. The van der Waals surface area contributed by atoms with Crippen LogP contribution >= 0.6 is 0 Å². The molecule has 1 saturated heterocycles. The number of ether oxygens (including phenoxy) is 2. The molecule has 234 valence electrons. The maximum atomic E-state index is 13.4. The van der Waals surface area contributed by atoms with Gasteiger partial charge in [0, 0.05) is 25.7 Å². The van der Waals surface area contributed by atoms with Gasteiger partial charge in [0.15, 0.2) is 5.82 Å². The number of anilines is 1. The Labute approximate surface area is 258 Å². The van der Waals surface area contributed by atoms with Gasteiger partial charge in [-0.2, -0.15) is 0 Å². The molecule has 44 heavy (non-hydrogen) atoms. The van der Waals surface area contributed by atoms with Crippen LogP contribution in [0.3, 0.4) is 0 Å². The van der Waals surface area contributed by atoms with Gasteiger partial charge in [0.25, 0.3) is 5.91 Å². The molecule has 0 bridgehead atoms. The Hall–Kier alpha value is -4.22. The fourth-order valence-electron chi connectivity index (χ4n) is 5.55. The van der Waals surface area contributed by atoms with Crippen LogP contribution in [0.1, 0.15) is 56.3 Å². The summed E-state index contributed by atoms with van der Waals surface area (Å²) < 4.78 is 13.7. The van der Waals surface area contributed by atoms with E-state index in [1.807, 2.05) is 59.2 Å². The molecule has 0 saturated carbocycles. The predicted molar refractivity (Wildman–Crippen MR) is 166 cm³/mol. The molecule has 1 aliphatic heterocycles. The fraction of sp³-hybridized carbons (Fsp3) is 0.455. The number of piperidine rings is 1. The maximum absolute atomic E-state index is 13.4. The minimum Gasteiger partial charge on any atom is -0.443 e. The number of nitrogens with two attached hydrogens (primary N) is 1. The highest BCUT2D eigenvalue weighted by Gasteiger charge is 2.38. The van der Waals surface area contributed by atoms with Crippen molar-refractivity contribution in [2.45, 2.75) is 70.4 Å². The monoisotopic (exact) mass is 602 g/mol. The number of nitrogens with zero attached hydrogens (tertiary/aromatic N) is 3. The largest absolute Gasteiger partial charge is 0.443 e. The zero-order chi connectivity index (χ0) is 31.3. The molecule has 0 radical (unpaired) electrons. The van der Waals surface area contributed by atoms with E-state index in [0.717, 1.165) is 29.5 Å². The van der Waals surface area contributed by atoms with Gasteiger partial charge >= 0.3 is 6.09 Å². The van der Waals surface area contributed by atoms with Gasteiger partial charge in [0.2, 0.25) is 5.91 Å². The second kappa shape index (κ2) is 13.6. The summed E-state index contributed by atoms with van der Waals surface area (Å²) in [6.45, 7) is 6.94. The molecular formula is C33H42N6O5. The molecule has 5 rings (SSSR count). The van der Waals surface area contributed by atoms with Gasteiger partial charge in [-0.05, 0) is 49.3 Å². The summed E-state index contributed by atoms with van der Waals surface area (Å²) >= 11 is 0. The molecule has 2 aliphatic rings. The first kappa shape index (κ1) is 31.2. The molecule has 0 spiro atoms. The van der Waals surface area contributed by atoms with E-state index in [9.17, 15) is 14.4 Å². The number of fused-ring (bicyclic) bond motifs is 1. The molecule has 2 unspecified atom stereocenters. The molecule has 3 atom stereocenters. The first-order valence-corrected chi connectivity index (χ1v) is 15.2. The van der Waals surface area contributed by atoms with Crippen LogP contribution in [0.5, 0.6) is 0 Å². The van der Waals surface area contributed by atoms with Gasteiger partial charge in [-0.25, -0.2) is 9.78 Å². The molecular weight excluding hydrogens is 560 g/mol. The summed E-state index contributed by atoms with van der Waals surface area (Å²) in [7, 11) is 0. The van der Waals surface area contributed by atoms with Crippen molar-refractivity contribution >= 4 is 23.7 Å². The van der Waals surface area contributed by atoms with Crippen molar-refractivity contribution in [1.82, 2.24) is 19.8 Å². The predicted octanol–water partition coefficient (Wildman–Crippen LogP) is 3.64. The van der Waals surface area contributed by atoms with E-state index < -0.39 is 29.5 Å². The normalized spacial score (nSPS) is 19.2. The Morgan fingerprint density at radius 1 is 1.07 bits per heavy atom. The number of imidazole rings is 1. The van der Waals surface area contributed by atoms with E-state index in [-0.39, 0.29) is 25.3 Å².